The maximum atomic E-state index is 12.7. The summed E-state index contributed by atoms with van der Waals surface area (Å²) < 4.78 is 0. The van der Waals surface area contributed by atoms with Crippen LogP contribution in [0.2, 0.25) is 0 Å². The number of rotatable bonds is 6. The van der Waals surface area contributed by atoms with E-state index in [1.807, 2.05) is 47.0 Å². The van der Waals surface area contributed by atoms with Crippen LogP contribution in [0.15, 0.2) is 30.3 Å². The lowest BCUT2D eigenvalue weighted by Gasteiger charge is -2.31. The summed E-state index contributed by atoms with van der Waals surface area (Å²) >= 11 is 1.98. The molecule has 0 aromatic heterocycles. The Labute approximate surface area is 138 Å². The minimum atomic E-state index is -0.868. The highest BCUT2D eigenvalue weighted by molar-refractivity contribution is 7.99. The topological polar surface area (TPSA) is 40.5 Å². The lowest BCUT2D eigenvalue weighted by atomic mass is 9.97. The second-order valence-corrected chi connectivity index (χ2v) is 8.03. The molecule has 0 radical (unpaired) electrons. The lowest BCUT2D eigenvalue weighted by molar-refractivity contribution is -0.136. The highest BCUT2D eigenvalue weighted by atomic mass is 32.2. The average molecular weight is 321 g/mol. The molecule has 1 aromatic rings. The van der Waals surface area contributed by atoms with Crippen molar-refractivity contribution in [2.75, 3.05) is 18.1 Å². The second kappa shape index (κ2) is 8.02. The van der Waals surface area contributed by atoms with Gasteiger partial charge in [0.2, 0.25) is 5.91 Å². The molecule has 1 aromatic carbocycles. The van der Waals surface area contributed by atoms with Crippen molar-refractivity contribution in [1.82, 2.24) is 4.90 Å². The van der Waals surface area contributed by atoms with E-state index in [0.29, 0.717) is 25.4 Å². The Kier molecular flexibility index (Phi) is 6.33. The minimum absolute atomic E-state index is 0.169. The fraction of sp³-hybridized carbons (Fsp3) is 0.611. The molecule has 0 atom stereocenters. The van der Waals surface area contributed by atoms with Crippen molar-refractivity contribution in [3.05, 3.63) is 35.9 Å². The van der Waals surface area contributed by atoms with E-state index in [4.69, 9.17) is 0 Å². The predicted molar refractivity (Wildman–Crippen MR) is 92.8 cm³/mol. The summed E-state index contributed by atoms with van der Waals surface area (Å²) in [4.78, 5) is 14.5. The first-order valence-corrected chi connectivity index (χ1v) is 9.21. The lowest BCUT2D eigenvalue weighted by Crippen LogP contribution is -2.42. The summed E-state index contributed by atoms with van der Waals surface area (Å²) in [6.45, 7) is 4.47. The highest BCUT2D eigenvalue weighted by Gasteiger charge is 2.25. The van der Waals surface area contributed by atoms with Crippen molar-refractivity contribution in [2.45, 2.75) is 45.3 Å². The summed E-state index contributed by atoms with van der Waals surface area (Å²) in [6, 6.07) is 10.0. The molecule has 3 nitrogen and oxygen atoms in total. The van der Waals surface area contributed by atoms with Crippen LogP contribution in [0.1, 0.15) is 38.7 Å². The van der Waals surface area contributed by atoms with Crippen molar-refractivity contribution in [2.24, 2.45) is 5.92 Å². The molecule has 1 saturated heterocycles. The van der Waals surface area contributed by atoms with Crippen molar-refractivity contribution in [3.63, 3.8) is 0 Å². The second-order valence-electron chi connectivity index (χ2n) is 6.81. The Bertz CT molecular complexity index is 464. The number of benzene rings is 1. The Morgan fingerprint density at radius 2 is 1.91 bits per heavy atom. The molecule has 4 heteroatoms. The summed E-state index contributed by atoms with van der Waals surface area (Å²) in [5, 5.41) is 10.1. The van der Waals surface area contributed by atoms with E-state index in [1.54, 1.807) is 13.8 Å². The fourth-order valence-electron chi connectivity index (χ4n) is 2.83. The number of hydrogen-bond donors (Lipinski definition) is 1. The first-order chi connectivity index (χ1) is 10.4. The van der Waals surface area contributed by atoms with Gasteiger partial charge in [0, 0.05) is 19.5 Å². The molecule has 0 saturated carbocycles. The quantitative estimate of drug-likeness (QED) is 0.874. The van der Waals surface area contributed by atoms with Gasteiger partial charge in [0.15, 0.2) is 0 Å². The fourth-order valence-corrected chi connectivity index (χ4v) is 4.03. The molecule has 1 aliphatic rings. The smallest absolute Gasteiger partial charge is 0.223 e. The molecule has 122 valence electrons. The van der Waals surface area contributed by atoms with Crippen LogP contribution in [0.5, 0.6) is 0 Å². The number of thioether (sulfide) groups is 1. The largest absolute Gasteiger partial charge is 0.389 e. The van der Waals surface area contributed by atoms with Crippen molar-refractivity contribution >= 4 is 17.7 Å². The van der Waals surface area contributed by atoms with Crippen LogP contribution in [-0.4, -0.2) is 39.6 Å². The number of amides is 1. The number of nitrogens with zero attached hydrogens (tertiary/aromatic N) is 1. The molecular weight excluding hydrogens is 294 g/mol. The SMILES string of the molecule is CC(C)(O)CN(Cc1ccccc1)C(=O)CC1CCSCC1. The summed E-state index contributed by atoms with van der Waals surface area (Å²) in [5.74, 6) is 3.02. The molecule has 0 bridgehead atoms. The van der Waals surface area contributed by atoms with Crippen LogP contribution < -0.4 is 0 Å². The summed E-state index contributed by atoms with van der Waals surface area (Å²) in [5.41, 5.74) is 0.242. The predicted octanol–water partition coefficient (Wildman–Crippen LogP) is 3.32. The van der Waals surface area contributed by atoms with E-state index in [0.717, 1.165) is 18.4 Å². The first kappa shape index (κ1) is 17.4. The van der Waals surface area contributed by atoms with Gasteiger partial charge in [-0.05, 0) is 49.7 Å². The first-order valence-electron chi connectivity index (χ1n) is 8.06. The van der Waals surface area contributed by atoms with Gasteiger partial charge < -0.3 is 10.0 Å². The van der Waals surface area contributed by atoms with Gasteiger partial charge in [-0.1, -0.05) is 30.3 Å². The normalized spacial score (nSPS) is 16.5. The number of aliphatic hydroxyl groups is 1. The zero-order valence-corrected chi connectivity index (χ0v) is 14.4. The van der Waals surface area contributed by atoms with Gasteiger partial charge in [-0.3, -0.25) is 4.79 Å². The third-order valence-corrected chi connectivity index (χ3v) is 5.00. The number of carbonyl (C=O) groups excluding carboxylic acids is 1. The van der Waals surface area contributed by atoms with Crippen molar-refractivity contribution in [1.29, 1.82) is 0 Å². The van der Waals surface area contributed by atoms with Crippen LogP contribution in [-0.2, 0) is 11.3 Å². The molecule has 22 heavy (non-hydrogen) atoms. The Balaban J connectivity index is 2.00. The van der Waals surface area contributed by atoms with Gasteiger partial charge in [0.05, 0.1) is 5.60 Å². The van der Waals surface area contributed by atoms with Crippen LogP contribution in [0, 0.1) is 5.92 Å². The highest BCUT2D eigenvalue weighted by Crippen LogP contribution is 2.26. The maximum Gasteiger partial charge on any atom is 0.223 e. The summed E-state index contributed by atoms with van der Waals surface area (Å²) in [6.07, 6.45) is 2.89. The minimum Gasteiger partial charge on any atom is -0.389 e. The zero-order chi connectivity index (χ0) is 16.0. The van der Waals surface area contributed by atoms with Gasteiger partial charge in [0.25, 0.3) is 0 Å². The zero-order valence-electron chi connectivity index (χ0n) is 13.6. The number of carbonyl (C=O) groups is 1. The molecule has 2 rings (SSSR count). The number of hydrogen-bond acceptors (Lipinski definition) is 3. The van der Waals surface area contributed by atoms with E-state index in [2.05, 4.69) is 0 Å². The molecule has 1 fully saturated rings. The van der Waals surface area contributed by atoms with Gasteiger partial charge in [-0.15, -0.1) is 0 Å². The Hall–Kier alpha value is -1.000. The molecule has 0 unspecified atom stereocenters. The van der Waals surface area contributed by atoms with Gasteiger partial charge >= 0.3 is 0 Å². The van der Waals surface area contributed by atoms with E-state index in [-0.39, 0.29) is 5.91 Å². The standard InChI is InChI=1S/C18H27NO2S/c1-18(2,21)14-19(13-16-6-4-3-5-7-16)17(20)12-15-8-10-22-11-9-15/h3-7,15,21H,8-14H2,1-2H3. The van der Waals surface area contributed by atoms with Crippen molar-refractivity contribution < 1.29 is 9.90 Å². The van der Waals surface area contributed by atoms with Crippen LogP contribution in [0.4, 0.5) is 0 Å². The van der Waals surface area contributed by atoms with Gasteiger partial charge in [-0.2, -0.15) is 11.8 Å². The molecule has 0 spiro atoms. The van der Waals surface area contributed by atoms with Crippen LogP contribution >= 0.6 is 11.8 Å². The van der Waals surface area contributed by atoms with E-state index < -0.39 is 5.60 Å². The third kappa shape index (κ3) is 6.01. The molecule has 0 aliphatic carbocycles. The maximum absolute atomic E-state index is 12.7. The summed E-state index contributed by atoms with van der Waals surface area (Å²) in [7, 11) is 0. The Morgan fingerprint density at radius 3 is 2.50 bits per heavy atom. The Morgan fingerprint density at radius 1 is 1.27 bits per heavy atom. The average Bonchev–Trinajstić information content (AvgIpc) is 2.47. The van der Waals surface area contributed by atoms with Crippen LogP contribution in [0.3, 0.4) is 0 Å². The van der Waals surface area contributed by atoms with E-state index >= 15 is 0 Å². The molecular formula is C18H27NO2S. The molecule has 1 heterocycles. The molecule has 1 N–H and O–H groups in total. The molecule has 1 amide bonds. The van der Waals surface area contributed by atoms with E-state index in [9.17, 15) is 9.90 Å². The molecule has 1 aliphatic heterocycles. The van der Waals surface area contributed by atoms with Crippen LogP contribution in [0.25, 0.3) is 0 Å². The monoisotopic (exact) mass is 321 g/mol. The van der Waals surface area contributed by atoms with Crippen molar-refractivity contribution in [3.8, 4) is 0 Å². The van der Waals surface area contributed by atoms with Gasteiger partial charge in [-0.25, -0.2) is 0 Å². The van der Waals surface area contributed by atoms with E-state index in [1.165, 1.54) is 11.5 Å². The van der Waals surface area contributed by atoms with Gasteiger partial charge in [0.1, 0.15) is 0 Å². The third-order valence-electron chi connectivity index (χ3n) is 3.95.